The SMILES string of the molecule is CC(C)(C)c1ccc(C(=O)NC(=O)COC(=O)Cc2ccccc2[N+](=O)[O-])cc1. The van der Waals surface area contributed by atoms with E-state index in [0.717, 1.165) is 5.56 Å². The number of benzene rings is 2. The van der Waals surface area contributed by atoms with Gasteiger partial charge in [-0.05, 0) is 23.1 Å². The fourth-order valence-electron chi connectivity index (χ4n) is 2.55. The Kier molecular flexibility index (Phi) is 6.82. The van der Waals surface area contributed by atoms with Crippen LogP contribution in [0.3, 0.4) is 0 Å². The van der Waals surface area contributed by atoms with Crippen molar-refractivity contribution in [2.24, 2.45) is 0 Å². The van der Waals surface area contributed by atoms with Gasteiger partial charge in [0.15, 0.2) is 6.61 Å². The highest BCUT2D eigenvalue weighted by Gasteiger charge is 2.18. The first-order valence-corrected chi connectivity index (χ1v) is 8.90. The molecule has 2 amide bonds. The Bertz CT molecular complexity index is 929. The lowest BCUT2D eigenvalue weighted by molar-refractivity contribution is -0.385. The quantitative estimate of drug-likeness (QED) is 0.454. The van der Waals surface area contributed by atoms with Crippen LogP contribution in [0.4, 0.5) is 5.69 Å². The molecule has 0 aliphatic heterocycles. The van der Waals surface area contributed by atoms with Crippen molar-refractivity contribution < 1.29 is 24.0 Å². The topological polar surface area (TPSA) is 116 Å². The van der Waals surface area contributed by atoms with Crippen LogP contribution in [0, 0.1) is 10.1 Å². The third kappa shape index (κ3) is 6.24. The lowest BCUT2D eigenvalue weighted by atomic mass is 9.87. The minimum Gasteiger partial charge on any atom is -0.455 e. The number of hydrogen-bond acceptors (Lipinski definition) is 6. The molecule has 0 aliphatic rings. The van der Waals surface area contributed by atoms with Crippen molar-refractivity contribution in [2.45, 2.75) is 32.6 Å². The number of amides is 2. The van der Waals surface area contributed by atoms with Gasteiger partial charge in [0.25, 0.3) is 17.5 Å². The molecular formula is C21H22N2O6. The van der Waals surface area contributed by atoms with Gasteiger partial charge in [-0.3, -0.25) is 29.8 Å². The zero-order valence-corrected chi connectivity index (χ0v) is 16.4. The number of nitro groups is 1. The van der Waals surface area contributed by atoms with E-state index in [1.807, 2.05) is 32.9 Å². The molecule has 1 N–H and O–H groups in total. The first-order valence-electron chi connectivity index (χ1n) is 8.90. The second kappa shape index (κ2) is 9.09. The number of esters is 1. The molecule has 0 radical (unpaired) electrons. The first-order chi connectivity index (χ1) is 13.6. The molecule has 2 aromatic rings. The van der Waals surface area contributed by atoms with Crippen molar-refractivity contribution in [1.29, 1.82) is 0 Å². The fraction of sp³-hybridized carbons (Fsp3) is 0.286. The van der Waals surface area contributed by atoms with Crippen LogP contribution in [-0.2, 0) is 26.2 Å². The van der Waals surface area contributed by atoms with E-state index >= 15 is 0 Å². The molecule has 0 atom stereocenters. The highest BCUT2D eigenvalue weighted by molar-refractivity contribution is 6.05. The van der Waals surface area contributed by atoms with E-state index in [1.54, 1.807) is 18.2 Å². The second-order valence-electron chi connectivity index (χ2n) is 7.43. The summed E-state index contributed by atoms with van der Waals surface area (Å²) in [5.41, 5.74) is 1.26. The van der Waals surface area contributed by atoms with E-state index in [1.165, 1.54) is 18.2 Å². The highest BCUT2D eigenvalue weighted by Crippen LogP contribution is 2.22. The Morgan fingerprint density at radius 3 is 2.24 bits per heavy atom. The molecule has 8 nitrogen and oxygen atoms in total. The predicted molar refractivity (Wildman–Crippen MR) is 105 cm³/mol. The maximum absolute atomic E-state index is 12.1. The number of para-hydroxylation sites is 1. The molecule has 29 heavy (non-hydrogen) atoms. The molecule has 0 aromatic heterocycles. The van der Waals surface area contributed by atoms with Crippen LogP contribution in [0.1, 0.15) is 42.3 Å². The molecule has 0 unspecified atom stereocenters. The molecular weight excluding hydrogens is 376 g/mol. The van der Waals surface area contributed by atoms with Gasteiger partial charge in [-0.25, -0.2) is 0 Å². The molecule has 8 heteroatoms. The van der Waals surface area contributed by atoms with E-state index in [0.29, 0.717) is 5.56 Å². The summed E-state index contributed by atoms with van der Waals surface area (Å²) in [4.78, 5) is 46.2. The fourth-order valence-corrected chi connectivity index (χ4v) is 2.55. The lowest BCUT2D eigenvalue weighted by Gasteiger charge is -2.18. The van der Waals surface area contributed by atoms with Gasteiger partial charge in [0, 0.05) is 17.2 Å². The predicted octanol–water partition coefficient (Wildman–Crippen LogP) is 2.93. The van der Waals surface area contributed by atoms with Crippen LogP contribution in [-0.4, -0.2) is 29.3 Å². The molecule has 0 heterocycles. The number of carbonyl (C=O) groups is 3. The number of ether oxygens (including phenoxy) is 1. The van der Waals surface area contributed by atoms with Crippen molar-refractivity contribution in [3.8, 4) is 0 Å². The molecule has 0 aliphatic carbocycles. The second-order valence-corrected chi connectivity index (χ2v) is 7.43. The number of nitro benzene ring substituents is 1. The lowest BCUT2D eigenvalue weighted by Crippen LogP contribution is -2.34. The summed E-state index contributed by atoms with van der Waals surface area (Å²) in [5, 5.41) is 13.1. The van der Waals surface area contributed by atoms with Crippen molar-refractivity contribution in [2.75, 3.05) is 6.61 Å². The summed E-state index contributed by atoms with van der Waals surface area (Å²) >= 11 is 0. The smallest absolute Gasteiger partial charge is 0.311 e. The van der Waals surface area contributed by atoms with E-state index in [4.69, 9.17) is 4.74 Å². The summed E-state index contributed by atoms with van der Waals surface area (Å²) in [6, 6.07) is 12.6. The minimum atomic E-state index is -0.809. The Balaban J connectivity index is 1.87. The van der Waals surface area contributed by atoms with Crippen LogP contribution >= 0.6 is 0 Å². The van der Waals surface area contributed by atoms with E-state index in [9.17, 15) is 24.5 Å². The zero-order chi connectivity index (χ0) is 21.6. The summed E-state index contributed by atoms with van der Waals surface area (Å²) in [5.74, 6) is -2.20. The maximum atomic E-state index is 12.1. The summed E-state index contributed by atoms with van der Waals surface area (Å²) < 4.78 is 4.82. The third-order valence-electron chi connectivity index (χ3n) is 4.15. The summed E-state index contributed by atoms with van der Waals surface area (Å²) in [6.45, 7) is 5.48. The van der Waals surface area contributed by atoms with Gasteiger partial charge in [-0.1, -0.05) is 51.1 Å². The van der Waals surface area contributed by atoms with Gasteiger partial charge in [0.2, 0.25) is 0 Å². The van der Waals surface area contributed by atoms with Gasteiger partial charge in [-0.2, -0.15) is 0 Å². The van der Waals surface area contributed by atoms with Gasteiger partial charge in [-0.15, -0.1) is 0 Å². The van der Waals surface area contributed by atoms with Crippen molar-refractivity contribution in [3.63, 3.8) is 0 Å². The molecule has 0 spiro atoms. The number of rotatable bonds is 6. The van der Waals surface area contributed by atoms with E-state index in [-0.39, 0.29) is 23.1 Å². The van der Waals surface area contributed by atoms with Crippen LogP contribution in [0.5, 0.6) is 0 Å². The summed E-state index contributed by atoms with van der Waals surface area (Å²) in [6.07, 6.45) is -0.355. The number of nitrogens with one attached hydrogen (secondary N) is 1. The first kappa shape index (κ1) is 21.7. The standard InChI is InChI=1S/C21H22N2O6/c1-21(2,3)16-10-8-14(9-11-16)20(26)22-18(24)13-29-19(25)12-15-6-4-5-7-17(15)23(27)28/h4-11H,12-13H2,1-3H3,(H,22,24,26). The summed E-state index contributed by atoms with van der Waals surface area (Å²) in [7, 11) is 0. The highest BCUT2D eigenvalue weighted by atomic mass is 16.6. The number of hydrogen-bond donors (Lipinski definition) is 1. The molecule has 152 valence electrons. The van der Waals surface area contributed by atoms with Crippen molar-refractivity contribution in [3.05, 3.63) is 75.3 Å². The van der Waals surface area contributed by atoms with Crippen LogP contribution < -0.4 is 5.32 Å². The van der Waals surface area contributed by atoms with Gasteiger partial charge in [0.1, 0.15) is 0 Å². The zero-order valence-electron chi connectivity index (χ0n) is 16.4. The molecule has 0 fully saturated rings. The van der Waals surface area contributed by atoms with Gasteiger partial charge in [0.05, 0.1) is 11.3 Å². The normalized spacial score (nSPS) is 10.9. The van der Waals surface area contributed by atoms with Crippen LogP contribution in [0.15, 0.2) is 48.5 Å². The molecule has 0 saturated heterocycles. The third-order valence-corrected chi connectivity index (χ3v) is 4.15. The van der Waals surface area contributed by atoms with E-state index < -0.39 is 29.3 Å². The average molecular weight is 398 g/mol. The average Bonchev–Trinajstić information content (AvgIpc) is 2.66. The number of imide groups is 1. The van der Waals surface area contributed by atoms with Crippen molar-refractivity contribution in [1.82, 2.24) is 5.32 Å². The molecule has 0 saturated carbocycles. The van der Waals surface area contributed by atoms with E-state index in [2.05, 4.69) is 5.32 Å². The Hall–Kier alpha value is -3.55. The van der Waals surface area contributed by atoms with Crippen molar-refractivity contribution >= 4 is 23.5 Å². The Morgan fingerprint density at radius 2 is 1.66 bits per heavy atom. The van der Waals surface area contributed by atoms with Crippen LogP contribution in [0.25, 0.3) is 0 Å². The van der Waals surface area contributed by atoms with Gasteiger partial charge >= 0.3 is 5.97 Å². The monoisotopic (exact) mass is 398 g/mol. The molecule has 0 bridgehead atoms. The Labute approximate surface area is 168 Å². The minimum absolute atomic E-state index is 0.0626. The molecule has 2 aromatic carbocycles. The van der Waals surface area contributed by atoms with Crippen LogP contribution in [0.2, 0.25) is 0 Å². The number of carbonyl (C=O) groups excluding carboxylic acids is 3. The largest absolute Gasteiger partial charge is 0.455 e. The number of nitrogens with zero attached hydrogens (tertiary/aromatic N) is 1. The maximum Gasteiger partial charge on any atom is 0.311 e. The van der Waals surface area contributed by atoms with Gasteiger partial charge < -0.3 is 4.74 Å². The Morgan fingerprint density at radius 1 is 1.03 bits per heavy atom. The molecule has 2 rings (SSSR count).